The second-order valence-electron chi connectivity index (χ2n) is 0.659. The van der Waals surface area contributed by atoms with Crippen molar-refractivity contribution in [2.45, 2.75) is 0 Å². The molecule has 0 aliphatic rings. The van der Waals surface area contributed by atoms with E-state index in [9.17, 15) is 4.57 Å². The minimum atomic E-state index is -0.276. The smallest absolute Gasteiger partial charge is 0.327 e. The van der Waals surface area contributed by atoms with Crippen molar-refractivity contribution in [3.8, 4) is 0 Å². The predicted octanol–water partition coefficient (Wildman–Crippen LogP) is 1.56. The maximum Gasteiger partial charge on any atom is 0.327 e. The first kappa shape index (κ1) is 9.90. The second kappa shape index (κ2) is 9.23. The molecule has 3 N–H and O–H groups in total. The molecule has 42 valence electrons. The van der Waals surface area contributed by atoms with E-state index in [-0.39, 0.29) is 14.8 Å². The lowest BCUT2D eigenvalue weighted by atomic mass is 10.7. The molecule has 0 unspecified atom stereocenters. The third-order valence-electron chi connectivity index (χ3n) is 0.245. The molecule has 0 amide bonds. The van der Waals surface area contributed by atoms with Gasteiger partial charge in [0.15, 0.2) is 0 Å². The summed E-state index contributed by atoms with van der Waals surface area (Å²) in [5, 5.41) is 0. The molecule has 0 aliphatic carbocycles. The molecular weight excluding hydrogens is 113 g/mol. The van der Waals surface area contributed by atoms with Crippen LogP contribution in [0.25, 0.3) is 0 Å². The Hall–Kier alpha value is -0.240. The van der Waals surface area contributed by atoms with Gasteiger partial charge in [-0.2, -0.15) is 0 Å². The minimum absolute atomic E-state index is 0. The molecule has 7 heavy (non-hydrogen) atoms. The zero-order chi connectivity index (χ0) is 4.83. The largest absolute Gasteiger partial charge is 0.344 e. The molecule has 0 rings (SSSR count). The van der Waals surface area contributed by atoms with Crippen LogP contribution < -0.4 is 6.15 Å². The zero-order valence-electron chi connectivity index (χ0n) is 3.96. The summed E-state index contributed by atoms with van der Waals surface area (Å²) in [4.78, 5) is 0. The van der Waals surface area contributed by atoms with Crippen molar-refractivity contribution >= 4 is 8.69 Å². The van der Waals surface area contributed by atoms with Gasteiger partial charge in [0.05, 0.1) is 6.61 Å². The lowest BCUT2D eigenvalue weighted by Crippen LogP contribution is -1.69. The molecule has 0 radical (unpaired) electrons. The maximum absolute atomic E-state index is 9.39. The first-order chi connectivity index (χ1) is 2.91. The fraction of sp³-hybridized carbons (Fsp3) is 0.333. The van der Waals surface area contributed by atoms with E-state index in [1.54, 1.807) is 0 Å². The third-order valence-corrected chi connectivity index (χ3v) is 0.500. The van der Waals surface area contributed by atoms with Gasteiger partial charge in [-0.05, 0) is 0 Å². The van der Waals surface area contributed by atoms with E-state index >= 15 is 0 Å². The Labute approximate surface area is 44.2 Å². The summed E-state index contributed by atoms with van der Waals surface area (Å²) < 4.78 is 13.7. The Bertz CT molecular complexity index is 48.9. The molecule has 0 saturated carbocycles. The standard InChI is InChI=1S/C3H5O2P.H3N/c1-2-3-5-6-4;/h2H,1,3H2;1H3. The van der Waals surface area contributed by atoms with Gasteiger partial charge in [0.2, 0.25) is 0 Å². The van der Waals surface area contributed by atoms with Gasteiger partial charge in [-0.3, -0.25) is 4.52 Å². The SMILES string of the molecule is C=CCOP=O.N. The molecule has 0 bridgehead atoms. The highest BCUT2D eigenvalue weighted by Gasteiger charge is 1.69. The topological polar surface area (TPSA) is 61.3 Å². The molecule has 0 aliphatic heterocycles. The first-order valence-corrected chi connectivity index (χ1v) is 2.20. The first-order valence-electron chi connectivity index (χ1n) is 1.47. The molecular formula is C3H8NO2P. The summed E-state index contributed by atoms with van der Waals surface area (Å²) in [6, 6.07) is 0. The van der Waals surface area contributed by atoms with Crippen LogP contribution in [0.1, 0.15) is 0 Å². The van der Waals surface area contributed by atoms with Crippen molar-refractivity contribution < 1.29 is 9.09 Å². The van der Waals surface area contributed by atoms with Crippen LogP contribution in [0.15, 0.2) is 12.7 Å². The van der Waals surface area contributed by atoms with E-state index in [1.807, 2.05) is 0 Å². The Morgan fingerprint density at radius 1 is 1.86 bits per heavy atom. The van der Waals surface area contributed by atoms with Crippen molar-refractivity contribution in [3.63, 3.8) is 0 Å². The van der Waals surface area contributed by atoms with Crippen LogP contribution in [0.5, 0.6) is 0 Å². The normalized spacial score (nSPS) is 7.43. The molecule has 0 saturated heterocycles. The van der Waals surface area contributed by atoms with Crippen LogP contribution in [-0.4, -0.2) is 6.61 Å². The van der Waals surface area contributed by atoms with Crippen molar-refractivity contribution in [1.82, 2.24) is 6.15 Å². The van der Waals surface area contributed by atoms with Gasteiger partial charge in [0.25, 0.3) is 0 Å². The molecule has 0 fully saturated rings. The quantitative estimate of drug-likeness (QED) is 0.350. The summed E-state index contributed by atoms with van der Waals surface area (Å²) in [6.07, 6.45) is 1.53. The summed E-state index contributed by atoms with van der Waals surface area (Å²) in [7, 11) is -0.276. The van der Waals surface area contributed by atoms with Crippen molar-refractivity contribution in [2.75, 3.05) is 6.61 Å². The van der Waals surface area contributed by atoms with Crippen LogP contribution in [-0.2, 0) is 9.09 Å². The molecule has 0 spiro atoms. The molecule has 0 aromatic carbocycles. The van der Waals surface area contributed by atoms with Crippen molar-refractivity contribution in [1.29, 1.82) is 0 Å². The Morgan fingerprint density at radius 2 is 2.43 bits per heavy atom. The third kappa shape index (κ3) is 10.7. The maximum atomic E-state index is 9.39. The highest BCUT2D eigenvalue weighted by Crippen LogP contribution is 1.90. The highest BCUT2D eigenvalue weighted by atomic mass is 31.1. The van der Waals surface area contributed by atoms with Gasteiger partial charge in [0.1, 0.15) is 0 Å². The van der Waals surface area contributed by atoms with E-state index in [4.69, 9.17) is 0 Å². The summed E-state index contributed by atoms with van der Waals surface area (Å²) >= 11 is 0. The van der Waals surface area contributed by atoms with E-state index in [1.165, 1.54) is 6.08 Å². The number of hydrogen-bond donors (Lipinski definition) is 1. The Balaban J connectivity index is 0. The zero-order valence-corrected chi connectivity index (χ0v) is 4.86. The van der Waals surface area contributed by atoms with E-state index in [2.05, 4.69) is 11.1 Å². The Morgan fingerprint density at radius 3 is 2.57 bits per heavy atom. The van der Waals surface area contributed by atoms with Gasteiger partial charge in [-0.1, -0.05) is 6.08 Å². The molecule has 0 aromatic rings. The Kier molecular flexibility index (Phi) is 13.1. The summed E-state index contributed by atoms with van der Waals surface area (Å²) in [5.41, 5.74) is 0. The van der Waals surface area contributed by atoms with Crippen LogP contribution in [0, 0.1) is 0 Å². The van der Waals surface area contributed by atoms with Crippen LogP contribution in [0.3, 0.4) is 0 Å². The van der Waals surface area contributed by atoms with Gasteiger partial charge < -0.3 is 6.15 Å². The van der Waals surface area contributed by atoms with E-state index in [0.29, 0.717) is 6.61 Å². The van der Waals surface area contributed by atoms with Gasteiger partial charge in [-0.25, -0.2) is 4.57 Å². The van der Waals surface area contributed by atoms with Crippen molar-refractivity contribution in [2.24, 2.45) is 0 Å². The molecule has 0 atom stereocenters. The van der Waals surface area contributed by atoms with Crippen molar-refractivity contribution in [3.05, 3.63) is 12.7 Å². The van der Waals surface area contributed by atoms with Gasteiger partial charge in [0, 0.05) is 0 Å². The summed E-state index contributed by atoms with van der Waals surface area (Å²) in [5.74, 6) is 0. The molecule has 0 aromatic heterocycles. The average Bonchev–Trinajstić information content (AvgIpc) is 1.61. The van der Waals surface area contributed by atoms with Gasteiger partial charge in [-0.15, -0.1) is 6.58 Å². The molecule has 0 heterocycles. The lowest BCUT2D eigenvalue weighted by Gasteiger charge is -1.76. The monoisotopic (exact) mass is 121 g/mol. The van der Waals surface area contributed by atoms with Crippen LogP contribution in [0.2, 0.25) is 0 Å². The van der Waals surface area contributed by atoms with E-state index in [0.717, 1.165) is 0 Å². The lowest BCUT2D eigenvalue weighted by molar-refractivity contribution is 0.387. The predicted molar refractivity (Wildman–Crippen MR) is 28.8 cm³/mol. The van der Waals surface area contributed by atoms with Gasteiger partial charge >= 0.3 is 8.69 Å². The fourth-order valence-corrected chi connectivity index (χ4v) is 0.249. The minimum Gasteiger partial charge on any atom is -0.344 e. The van der Waals surface area contributed by atoms with E-state index < -0.39 is 0 Å². The fourth-order valence-electron chi connectivity index (χ4n) is 0.0831. The van der Waals surface area contributed by atoms with Crippen LogP contribution in [0.4, 0.5) is 0 Å². The van der Waals surface area contributed by atoms with Crippen LogP contribution >= 0.6 is 8.69 Å². The molecule has 3 nitrogen and oxygen atoms in total. The summed E-state index contributed by atoms with van der Waals surface area (Å²) in [6.45, 7) is 3.68. The molecule has 4 heteroatoms. The number of rotatable bonds is 3. The highest BCUT2D eigenvalue weighted by molar-refractivity contribution is 7.17. The average molecular weight is 121 g/mol. The number of hydrogen-bond acceptors (Lipinski definition) is 3. The second-order valence-corrected chi connectivity index (χ2v) is 1.07.